The molecule has 0 amide bonds. The standard InChI is InChI=1S/C14H17Cl2FN2.2ClH/c15-10-3-4-11(16)13(17)12(10)14(9-1-2-9)19-7-5-18-6-8-19;;/h3-4,9,14,18H,1-2,5-8H2;2*1H/t14-;;/m1../s1. The highest BCUT2D eigenvalue weighted by Crippen LogP contribution is 2.47. The summed E-state index contributed by atoms with van der Waals surface area (Å²) in [5.41, 5.74) is 0.596. The van der Waals surface area contributed by atoms with Gasteiger partial charge in [0, 0.05) is 42.8 Å². The van der Waals surface area contributed by atoms with Gasteiger partial charge in [0.25, 0.3) is 0 Å². The summed E-state index contributed by atoms with van der Waals surface area (Å²) < 4.78 is 14.4. The van der Waals surface area contributed by atoms with Crippen LogP contribution in [0.3, 0.4) is 0 Å². The molecule has 1 atom stereocenters. The third-order valence-corrected chi connectivity index (χ3v) is 4.61. The third-order valence-electron chi connectivity index (χ3n) is 3.99. The maximum Gasteiger partial charge on any atom is 0.148 e. The summed E-state index contributed by atoms with van der Waals surface area (Å²) in [7, 11) is 0. The van der Waals surface area contributed by atoms with E-state index in [4.69, 9.17) is 23.2 Å². The zero-order valence-corrected chi connectivity index (χ0v) is 14.6. The van der Waals surface area contributed by atoms with E-state index < -0.39 is 0 Å². The fourth-order valence-electron chi connectivity index (χ4n) is 2.90. The monoisotopic (exact) mass is 374 g/mol. The van der Waals surface area contributed by atoms with Crippen LogP contribution < -0.4 is 5.32 Å². The number of nitrogens with zero attached hydrogens (tertiary/aromatic N) is 1. The zero-order chi connectivity index (χ0) is 13.4. The van der Waals surface area contributed by atoms with Gasteiger partial charge in [0.2, 0.25) is 0 Å². The Labute approximate surface area is 147 Å². The van der Waals surface area contributed by atoms with Gasteiger partial charge in [0.05, 0.1) is 5.02 Å². The first-order chi connectivity index (χ1) is 9.18. The second-order valence-corrected chi connectivity index (χ2v) is 6.14. The minimum absolute atomic E-state index is 0. The Morgan fingerprint density at radius 2 is 1.67 bits per heavy atom. The van der Waals surface area contributed by atoms with Crippen molar-refractivity contribution in [2.24, 2.45) is 5.92 Å². The minimum atomic E-state index is -0.343. The van der Waals surface area contributed by atoms with Gasteiger partial charge in [-0.2, -0.15) is 0 Å². The van der Waals surface area contributed by atoms with E-state index in [0.717, 1.165) is 39.0 Å². The van der Waals surface area contributed by atoms with E-state index >= 15 is 0 Å². The molecule has 1 heterocycles. The fourth-order valence-corrected chi connectivity index (χ4v) is 3.33. The first kappa shape index (κ1) is 19.3. The molecule has 0 aromatic heterocycles. The van der Waals surface area contributed by atoms with E-state index in [-0.39, 0.29) is 41.7 Å². The maximum atomic E-state index is 14.4. The van der Waals surface area contributed by atoms with Gasteiger partial charge in [0.15, 0.2) is 0 Å². The third kappa shape index (κ3) is 4.15. The highest BCUT2D eigenvalue weighted by atomic mass is 35.5. The van der Waals surface area contributed by atoms with Gasteiger partial charge in [0.1, 0.15) is 5.82 Å². The molecule has 7 heteroatoms. The van der Waals surface area contributed by atoms with Crippen molar-refractivity contribution in [1.29, 1.82) is 0 Å². The van der Waals surface area contributed by atoms with Crippen LogP contribution in [-0.2, 0) is 0 Å². The average molecular weight is 376 g/mol. The van der Waals surface area contributed by atoms with E-state index in [0.29, 0.717) is 16.5 Å². The van der Waals surface area contributed by atoms with Crippen molar-refractivity contribution < 1.29 is 4.39 Å². The number of halogens is 5. The van der Waals surface area contributed by atoms with Gasteiger partial charge < -0.3 is 5.32 Å². The number of rotatable bonds is 3. The van der Waals surface area contributed by atoms with Crippen LogP contribution in [0.5, 0.6) is 0 Å². The largest absolute Gasteiger partial charge is 0.314 e. The number of nitrogens with one attached hydrogen (secondary N) is 1. The quantitative estimate of drug-likeness (QED) is 0.791. The van der Waals surface area contributed by atoms with Crippen LogP contribution >= 0.6 is 48.0 Å². The predicted octanol–water partition coefficient (Wildman–Crippen LogP) is 4.33. The molecule has 3 rings (SSSR count). The summed E-state index contributed by atoms with van der Waals surface area (Å²) >= 11 is 12.2. The molecule has 1 saturated heterocycles. The van der Waals surface area contributed by atoms with Crippen LogP contribution in [0.15, 0.2) is 12.1 Å². The van der Waals surface area contributed by atoms with Crippen molar-refractivity contribution in [1.82, 2.24) is 10.2 Å². The van der Waals surface area contributed by atoms with Crippen LogP contribution in [0, 0.1) is 11.7 Å². The lowest BCUT2D eigenvalue weighted by molar-refractivity contribution is 0.153. The Kier molecular flexibility index (Phi) is 7.51. The summed E-state index contributed by atoms with van der Waals surface area (Å²) in [6, 6.07) is 3.32. The molecule has 1 aliphatic heterocycles. The molecule has 2 nitrogen and oxygen atoms in total. The van der Waals surface area contributed by atoms with Crippen molar-refractivity contribution in [2.75, 3.05) is 26.2 Å². The van der Waals surface area contributed by atoms with E-state index in [2.05, 4.69) is 10.2 Å². The molecule has 1 aliphatic carbocycles. The van der Waals surface area contributed by atoms with Gasteiger partial charge in [-0.1, -0.05) is 23.2 Å². The normalized spacial score (nSPS) is 20.3. The summed E-state index contributed by atoms with van der Waals surface area (Å²) in [4.78, 5) is 2.34. The molecule has 1 aromatic rings. The topological polar surface area (TPSA) is 15.3 Å². The smallest absolute Gasteiger partial charge is 0.148 e. The van der Waals surface area contributed by atoms with Crippen LogP contribution in [0.25, 0.3) is 0 Å². The first-order valence-electron chi connectivity index (χ1n) is 6.76. The van der Waals surface area contributed by atoms with Crippen LogP contribution in [-0.4, -0.2) is 31.1 Å². The molecule has 120 valence electrons. The molecule has 1 aromatic carbocycles. The summed E-state index contributed by atoms with van der Waals surface area (Å²) in [5, 5.41) is 3.99. The highest BCUT2D eigenvalue weighted by Gasteiger charge is 2.39. The van der Waals surface area contributed by atoms with Crippen molar-refractivity contribution in [3.05, 3.63) is 33.6 Å². The highest BCUT2D eigenvalue weighted by molar-refractivity contribution is 6.33. The van der Waals surface area contributed by atoms with Gasteiger partial charge >= 0.3 is 0 Å². The number of hydrogen-bond acceptors (Lipinski definition) is 2. The Morgan fingerprint density at radius 3 is 2.24 bits per heavy atom. The molecule has 0 spiro atoms. The molecular weight excluding hydrogens is 357 g/mol. The second-order valence-electron chi connectivity index (χ2n) is 5.33. The Hall–Kier alpha value is 0.230. The van der Waals surface area contributed by atoms with Gasteiger partial charge in [-0.3, -0.25) is 4.90 Å². The summed E-state index contributed by atoms with van der Waals surface area (Å²) in [6.45, 7) is 3.76. The lowest BCUT2D eigenvalue weighted by Gasteiger charge is -2.36. The molecule has 0 radical (unpaired) electrons. The number of piperazine rings is 1. The molecule has 2 aliphatic rings. The molecule has 2 fully saturated rings. The van der Waals surface area contributed by atoms with Crippen molar-refractivity contribution in [3.63, 3.8) is 0 Å². The number of benzene rings is 1. The average Bonchev–Trinajstić information content (AvgIpc) is 3.24. The predicted molar refractivity (Wildman–Crippen MR) is 90.8 cm³/mol. The van der Waals surface area contributed by atoms with E-state index in [9.17, 15) is 4.39 Å². The Bertz CT molecular complexity index is 476. The van der Waals surface area contributed by atoms with Crippen molar-refractivity contribution >= 4 is 48.0 Å². The summed E-state index contributed by atoms with van der Waals surface area (Å²) in [5.74, 6) is 0.174. The zero-order valence-electron chi connectivity index (χ0n) is 11.4. The fraction of sp³-hybridized carbons (Fsp3) is 0.571. The molecule has 1 saturated carbocycles. The first-order valence-corrected chi connectivity index (χ1v) is 7.52. The lowest BCUT2D eigenvalue weighted by atomic mass is 9.99. The van der Waals surface area contributed by atoms with E-state index in [1.807, 2.05) is 0 Å². The minimum Gasteiger partial charge on any atom is -0.314 e. The SMILES string of the molecule is Cl.Cl.Fc1c(Cl)ccc(Cl)c1[C@@H](C1CC1)N1CCNCC1. The molecule has 0 bridgehead atoms. The molecule has 1 N–H and O–H groups in total. The van der Waals surface area contributed by atoms with E-state index in [1.165, 1.54) is 6.07 Å². The lowest BCUT2D eigenvalue weighted by Crippen LogP contribution is -2.46. The van der Waals surface area contributed by atoms with Crippen molar-refractivity contribution in [3.8, 4) is 0 Å². The van der Waals surface area contributed by atoms with Crippen LogP contribution in [0.1, 0.15) is 24.4 Å². The van der Waals surface area contributed by atoms with E-state index in [1.54, 1.807) is 6.07 Å². The Morgan fingerprint density at radius 1 is 1.10 bits per heavy atom. The molecule has 21 heavy (non-hydrogen) atoms. The second kappa shape index (κ2) is 8.19. The Balaban J connectivity index is 0.00000110. The van der Waals surface area contributed by atoms with Crippen molar-refractivity contribution in [2.45, 2.75) is 18.9 Å². The summed E-state index contributed by atoms with van der Waals surface area (Å²) in [6.07, 6.45) is 2.30. The van der Waals surface area contributed by atoms with Gasteiger partial charge in [-0.05, 0) is 30.9 Å². The van der Waals surface area contributed by atoms with Crippen LogP contribution in [0.4, 0.5) is 4.39 Å². The molecule has 0 unspecified atom stereocenters. The van der Waals surface area contributed by atoms with Gasteiger partial charge in [-0.25, -0.2) is 4.39 Å². The number of hydrogen-bond donors (Lipinski definition) is 1. The van der Waals surface area contributed by atoms with Crippen LogP contribution in [0.2, 0.25) is 10.0 Å². The van der Waals surface area contributed by atoms with Gasteiger partial charge in [-0.15, -0.1) is 24.8 Å². The maximum absolute atomic E-state index is 14.4. The molecular formula is C14H19Cl4FN2.